The van der Waals surface area contributed by atoms with E-state index in [1.807, 2.05) is 38.1 Å². The fraction of sp³-hybridized carbons (Fsp3) is 0.250. The first-order valence-corrected chi connectivity index (χ1v) is 8.41. The number of rotatable bonds is 5. The lowest BCUT2D eigenvalue weighted by Crippen LogP contribution is -2.33. The van der Waals surface area contributed by atoms with Crippen LogP contribution in [0, 0.1) is 6.92 Å². The topological polar surface area (TPSA) is 66.1 Å². The maximum atomic E-state index is 12.8. The number of aromatic amines is 1. The van der Waals surface area contributed by atoms with Crippen LogP contribution in [0.25, 0.3) is 10.9 Å². The van der Waals surface area contributed by atoms with Crippen molar-refractivity contribution in [1.29, 1.82) is 0 Å². The highest BCUT2D eigenvalue weighted by Crippen LogP contribution is 2.16. The Morgan fingerprint density at radius 3 is 2.68 bits per heavy atom. The molecule has 5 heteroatoms. The molecule has 5 nitrogen and oxygen atoms in total. The molecule has 25 heavy (non-hydrogen) atoms. The van der Waals surface area contributed by atoms with Crippen molar-refractivity contribution in [2.24, 2.45) is 0 Å². The van der Waals surface area contributed by atoms with E-state index in [2.05, 4.69) is 9.97 Å². The van der Waals surface area contributed by atoms with E-state index in [0.29, 0.717) is 17.7 Å². The van der Waals surface area contributed by atoms with Crippen LogP contribution >= 0.6 is 0 Å². The molecule has 0 saturated carbocycles. The van der Waals surface area contributed by atoms with Gasteiger partial charge in [-0.2, -0.15) is 0 Å². The van der Waals surface area contributed by atoms with Gasteiger partial charge in [-0.3, -0.25) is 14.6 Å². The molecule has 2 heterocycles. The highest BCUT2D eigenvalue weighted by molar-refractivity contribution is 5.94. The molecule has 128 valence electrons. The van der Waals surface area contributed by atoms with Crippen LogP contribution in [0.3, 0.4) is 0 Å². The summed E-state index contributed by atoms with van der Waals surface area (Å²) in [4.78, 5) is 33.8. The van der Waals surface area contributed by atoms with Gasteiger partial charge in [0.1, 0.15) is 0 Å². The number of nitrogens with zero attached hydrogens (tertiary/aromatic N) is 2. The van der Waals surface area contributed by atoms with Crippen molar-refractivity contribution in [3.05, 3.63) is 75.8 Å². The molecule has 0 atom stereocenters. The van der Waals surface area contributed by atoms with Gasteiger partial charge in [0.25, 0.3) is 11.5 Å². The third-order valence-electron chi connectivity index (χ3n) is 4.23. The number of carbonyl (C=O) groups is 1. The third-order valence-corrected chi connectivity index (χ3v) is 4.23. The molecule has 0 aliphatic heterocycles. The Morgan fingerprint density at radius 1 is 1.20 bits per heavy atom. The Morgan fingerprint density at radius 2 is 1.96 bits per heavy atom. The third kappa shape index (κ3) is 3.60. The Kier molecular flexibility index (Phi) is 4.93. The zero-order valence-electron chi connectivity index (χ0n) is 14.5. The van der Waals surface area contributed by atoms with Gasteiger partial charge in [-0.15, -0.1) is 0 Å². The van der Waals surface area contributed by atoms with E-state index >= 15 is 0 Å². The molecule has 2 aromatic heterocycles. The summed E-state index contributed by atoms with van der Waals surface area (Å²) >= 11 is 0. The average molecular weight is 335 g/mol. The van der Waals surface area contributed by atoms with Gasteiger partial charge < -0.3 is 9.88 Å². The van der Waals surface area contributed by atoms with E-state index in [1.165, 1.54) is 0 Å². The number of H-pyrrole nitrogens is 1. The van der Waals surface area contributed by atoms with Crippen molar-refractivity contribution >= 4 is 16.8 Å². The summed E-state index contributed by atoms with van der Waals surface area (Å²) in [5.74, 6) is -0.0898. The first-order chi connectivity index (χ1) is 12.1. The monoisotopic (exact) mass is 335 g/mol. The molecule has 0 saturated heterocycles. The van der Waals surface area contributed by atoms with Crippen molar-refractivity contribution < 1.29 is 4.79 Å². The lowest BCUT2D eigenvalue weighted by molar-refractivity contribution is 0.0742. The van der Waals surface area contributed by atoms with Gasteiger partial charge in [-0.1, -0.05) is 25.1 Å². The molecule has 0 radical (unpaired) electrons. The lowest BCUT2D eigenvalue weighted by atomic mass is 10.1. The lowest BCUT2D eigenvalue weighted by Gasteiger charge is -2.22. The second-order valence-corrected chi connectivity index (χ2v) is 6.13. The van der Waals surface area contributed by atoms with Crippen LogP contribution in [0.1, 0.15) is 34.8 Å². The number of aromatic nitrogens is 2. The summed E-state index contributed by atoms with van der Waals surface area (Å²) < 4.78 is 0. The average Bonchev–Trinajstić information content (AvgIpc) is 2.63. The zero-order valence-corrected chi connectivity index (χ0v) is 14.5. The molecule has 0 aliphatic carbocycles. The van der Waals surface area contributed by atoms with E-state index < -0.39 is 0 Å². The van der Waals surface area contributed by atoms with Gasteiger partial charge in [0.05, 0.1) is 12.1 Å². The van der Waals surface area contributed by atoms with Crippen molar-refractivity contribution in [3.8, 4) is 0 Å². The van der Waals surface area contributed by atoms with Crippen LogP contribution in [0.5, 0.6) is 0 Å². The maximum absolute atomic E-state index is 12.8. The number of pyridine rings is 2. The van der Waals surface area contributed by atoms with E-state index in [-0.39, 0.29) is 18.0 Å². The number of aryl methyl sites for hydroxylation is 1. The van der Waals surface area contributed by atoms with Gasteiger partial charge >= 0.3 is 0 Å². The van der Waals surface area contributed by atoms with E-state index in [9.17, 15) is 9.59 Å². The minimum absolute atomic E-state index is 0.0898. The quantitative estimate of drug-likeness (QED) is 0.778. The van der Waals surface area contributed by atoms with Gasteiger partial charge in [0.2, 0.25) is 0 Å². The van der Waals surface area contributed by atoms with Gasteiger partial charge in [-0.25, -0.2) is 0 Å². The van der Waals surface area contributed by atoms with E-state index in [0.717, 1.165) is 22.9 Å². The first kappa shape index (κ1) is 16.9. The molecule has 1 aromatic carbocycles. The van der Waals surface area contributed by atoms with Crippen LogP contribution in [0.2, 0.25) is 0 Å². The van der Waals surface area contributed by atoms with Crippen molar-refractivity contribution in [3.63, 3.8) is 0 Å². The molecule has 1 N–H and O–H groups in total. The molecule has 1 amide bonds. The largest absolute Gasteiger partial charge is 0.334 e. The van der Waals surface area contributed by atoms with Gasteiger partial charge in [0, 0.05) is 30.1 Å². The fourth-order valence-electron chi connectivity index (χ4n) is 2.95. The summed E-state index contributed by atoms with van der Waals surface area (Å²) in [6.45, 7) is 4.86. The number of nitrogens with one attached hydrogen (secondary N) is 1. The first-order valence-electron chi connectivity index (χ1n) is 8.41. The summed E-state index contributed by atoms with van der Waals surface area (Å²) in [5, 5.41) is 0.974. The molecule has 0 aliphatic rings. The molecule has 0 spiro atoms. The summed E-state index contributed by atoms with van der Waals surface area (Å²) in [6, 6.07) is 11.2. The minimum Gasteiger partial charge on any atom is -0.334 e. The summed E-state index contributed by atoms with van der Waals surface area (Å²) in [6.07, 6.45) is 4.02. The SMILES string of the molecule is CCCN(Cc1cc2cccc(C)c2[nH]c1=O)C(=O)c1ccncc1. The highest BCUT2D eigenvalue weighted by atomic mass is 16.2. The molecular weight excluding hydrogens is 314 g/mol. The molecular formula is C20H21N3O2. The van der Waals surface area contributed by atoms with E-state index in [4.69, 9.17) is 0 Å². The molecule has 0 bridgehead atoms. The number of hydrogen-bond acceptors (Lipinski definition) is 3. The fourth-order valence-corrected chi connectivity index (χ4v) is 2.95. The number of hydrogen-bond donors (Lipinski definition) is 1. The number of para-hydroxylation sites is 1. The normalized spacial score (nSPS) is 10.8. The van der Waals surface area contributed by atoms with Crippen LogP contribution in [-0.4, -0.2) is 27.3 Å². The number of carbonyl (C=O) groups excluding carboxylic acids is 1. The Hall–Kier alpha value is -2.95. The van der Waals surface area contributed by atoms with E-state index in [1.54, 1.807) is 29.4 Å². The number of benzene rings is 1. The smallest absolute Gasteiger partial charge is 0.254 e. The van der Waals surface area contributed by atoms with Gasteiger partial charge in [0.15, 0.2) is 0 Å². The van der Waals surface area contributed by atoms with Crippen molar-refractivity contribution in [2.45, 2.75) is 26.8 Å². The Labute approximate surface area is 146 Å². The Bertz CT molecular complexity index is 948. The van der Waals surface area contributed by atoms with Gasteiger partial charge in [-0.05, 0) is 42.5 Å². The standard InChI is InChI=1S/C20H21N3O2/c1-3-11-23(20(25)15-7-9-21-10-8-15)13-17-12-16-6-4-5-14(2)18(16)22-19(17)24/h4-10,12H,3,11,13H2,1-2H3,(H,22,24). The molecule has 3 rings (SSSR count). The van der Waals surface area contributed by atoms with Crippen molar-refractivity contribution in [1.82, 2.24) is 14.9 Å². The predicted molar refractivity (Wildman–Crippen MR) is 98.6 cm³/mol. The molecule has 3 aromatic rings. The Balaban J connectivity index is 1.95. The zero-order chi connectivity index (χ0) is 17.8. The molecule has 0 unspecified atom stereocenters. The maximum Gasteiger partial charge on any atom is 0.254 e. The highest BCUT2D eigenvalue weighted by Gasteiger charge is 2.17. The number of amides is 1. The summed E-state index contributed by atoms with van der Waals surface area (Å²) in [7, 11) is 0. The van der Waals surface area contributed by atoms with Crippen LogP contribution in [0.15, 0.2) is 53.6 Å². The summed E-state index contributed by atoms with van der Waals surface area (Å²) in [5.41, 5.74) is 2.90. The van der Waals surface area contributed by atoms with Crippen LogP contribution in [0.4, 0.5) is 0 Å². The van der Waals surface area contributed by atoms with Crippen LogP contribution < -0.4 is 5.56 Å². The minimum atomic E-state index is -0.148. The molecule has 0 fully saturated rings. The van der Waals surface area contributed by atoms with Crippen LogP contribution in [-0.2, 0) is 6.54 Å². The second kappa shape index (κ2) is 7.30. The van der Waals surface area contributed by atoms with Crippen molar-refractivity contribution in [2.75, 3.05) is 6.54 Å². The second-order valence-electron chi connectivity index (χ2n) is 6.13. The predicted octanol–water partition coefficient (Wildman–Crippen LogP) is 3.28. The number of fused-ring (bicyclic) bond motifs is 1.